The highest BCUT2D eigenvalue weighted by Gasteiger charge is 2.39. The third kappa shape index (κ3) is 3.22. The topological polar surface area (TPSA) is 78.4 Å². The highest BCUT2D eigenvalue weighted by Crippen LogP contribution is 2.34. The van der Waals surface area contributed by atoms with E-state index < -0.39 is 11.5 Å². The van der Waals surface area contributed by atoms with Crippen LogP contribution >= 0.6 is 0 Å². The summed E-state index contributed by atoms with van der Waals surface area (Å²) in [6, 6.07) is -0.199. The highest BCUT2D eigenvalue weighted by atomic mass is 16.4. The van der Waals surface area contributed by atoms with E-state index in [0.29, 0.717) is 5.92 Å². The van der Waals surface area contributed by atoms with Gasteiger partial charge in [0, 0.05) is 6.04 Å². The molecule has 1 amide bonds. The van der Waals surface area contributed by atoms with Crippen LogP contribution < -0.4 is 10.6 Å². The van der Waals surface area contributed by atoms with E-state index in [1.165, 1.54) is 0 Å². The first-order valence-electron chi connectivity index (χ1n) is 6.79. The van der Waals surface area contributed by atoms with Gasteiger partial charge in [0.05, 0.1) is 12.0 Å². The van der Waals surface area contributed by atoms with Crippen LogP contribution in [0, 0.1) is 5.92 Å². The highest BCUT2D eigenvalue weighted by molar-refractivity contribution is 5.86. The number of carbonyl (C=O) groups excluding carboxylic acids is 1. The Morgan fingerprint density at radius 1 is 1.44 bits per heavy atom. The monoisotopic (exact) mass is 254 g/mol. The molecule has 0 spiro atoms. The van der Waals surface area contributed by atoms with E-state index in [9.17, 15) is 9.59 Å². The minimum atomic E-state index is -0.839. The molecule has 2 fully saturated rings. The SMILES string of the molecule is CC1(C(=O)NC(CC(=O)O)C2CC2)CCCCN1. The molecular formula is C13H22N2O3. The van der Waals surface area contributed by atoms with Crippen molar-refractivity contribution in [3.63, 3.8) is 0 Å². The molecule has 5 nitrogen and oxygen atoms in total. The summed E-state index contributed by atoms with van der Waals surface area (Å²) >= 11 is 0. The Morgan fingerprint density at radius 2 is 2.17 bits per heavy atom. The second-order valence-corrected chi connectivity index (χ2v) is 5.73. The predicted octanol–water partition coefficient (Wildman–Crippen LogP) is 0.888. The fourth-order valence-corrected chi connectivity index (χ4v) is 2.60. The molecule has 102 valence electrons. The molecule has 1 aliphatic carbocycles. The lowest BCUT2D eigenvalue weighted by atomic mass is 9.89. The van der Waals surface area contributed by atoms with Gasteiger partial charge in [-0.2, -0.15) is 0 Å². The van der Waals surface area contributed by atoms with Crippen LogP contribution in [0.15, 0.2) is 0 Å². The zero-order valence-corrected chi connectivity index (χ0v) is 10.9. The molecule has 0 radical (unpaired) electrons. The molecule has 1 heterocycles. The second-order valence-electron chi connectivity index (χ2n) is 5.73. The Hall–Kier alpha value is -1.10. The van der Waals surface area contributed by atoms with Crippen molar-refractivity contribution in [2.75, 3.05) is 6.54 Å². The molecular weight excluding hydrogens is 232 g/mol. The smallest absolute Gasteiger partial charge is 0.305 e. The lowest BCUT2D eigenvalue weighted by Gasteiger charge is -2.34. The molecule has 18 heavy (non-hydrogen) atoms. The Kier molecular flexibility index (Phi) is 3.90. The lowest BCUT2D eigenvalue weighted by molar-refractivity contribution is -0.138. The fourth-order valence-electron chi connectivity index (χ4n) is 2.60. The summed E-state index contributed by atoms with van der Waals surface area (Å²) in [6.45, 7) is 2.77. The van der Waals surface area contributed by atoms with E-state index in [1.807, 2.05) is 6.92 Å². The van der Waals surface area contributed by atoms with Crippen LogP contribution in [0.4, 0.5) is 0 Å². The molecule has 2 unspecified atom stereocenters. The van der Waals surface area contributed by atoms with Crippen molar-refractivity contribution in [1.29, 1.82) is 0 Å². The predicted molar refractivity (Wildman–Crippen MR) is 67.2 cm³/mol. The number of carboxylic acids is 1. The van der Waals surface area contributed by atoms with E-state index in [-0.39, 0.29) is 18.4 Å². The maximum Gasteiger partial charge on any atom is 0.305 e. The van der Waals surface area contributed by atoms with Crippen molar-refractivity contribution in [2.45, 2.75) is 57.0 Å². The molecule has 5 heteroatoms. The number of nitrogens with one attached hydrogen (secondary N) is 2. The summed E-state index contributed by atoms with van der Waals surface area (Å²) in [4.78, 5) is 23.1. The van der Waals surface area contributed by atoms with Gasteiger partial charge in [-0.05, 0) is 51.5 Å². The van der Waals surface area contributed by atoms with Gasteiger partial charge in [-0.3, -0.25) is 9.59 Å². The summed E-state index contributed by atoms with van der Waals surface area (Å²) in [5.41, 5.74) is -0.524. The van der Waals surface area contributed by atoms with Crippen LogP contribution in [-0.4, -0.2) is 35.1 Å². The minimum Gasteiger partial charge on any atom is -0.481 e. The standard InChI is InChI=1S/C13H22N2O3/c1-13(6-2-3-7-14-13)12(18)15-10(8-11(16)17)9-4-5-9/h9-10,14H,2-8H2,1H3,(H,15,18)(H,16,17). The van der Waals surface area contributed by atoms with Gasteiger partial charge in [0.1, 0.15) is 0 Å². The van der Waals surface area contributed by atoms with Crippen LogP contribution in [0.5, 0.6) is 0 Å². The molecule has 2 atom stereocenters. The van der Waals surface area contributed by atoms with E-state index in [1.54, 1.807) is 0 Å². The zero-order chi connectivity index (χ0) is 13.2. The first kappa shape index (κ1) is 13.3. The van der Waals surface area contributed by atoms with Gasteiger partial charge in [-0.25, -0.2) is 0 Å². The van der Waals surface area contributed by atoms with Crippen molar-refractivity contribution in [1.82, 2.24) is 10.6 Å². The average Bonchev–Trinajstić information content (AvgIpc) is 3.12. The first-order chi connectivity index (χ1) is 8.51. The number of hydrogen-bond donors (Lipinski definition) is 3. The number of amides is 1. The Labute approximate surface area is 107 Å². The van der Waals surface area contributed by atoms with Gasteiger partial charge in [-0.15, -0.1) is 0 Å². The van der Waals surface area contributed by atoms with Gasteiger partial charge in [0.25, 0.3) is 0 Å². The van der Waals surface area contributed by atoms with Gasteiger partial charge in [0.15, 0.2) is 0 Å². The van der Waals surface area contributed by atoms with Crippen LogP contribution in [0.25, 0.3) is 0 Å². The molecule has 1 saturated carbocycles. The van der Waals surface area contributed by atoms with Crippen LogP contribution in [-0.2, 0) is 9.59 Å². The normalized spacial score (nSPS) is 29.6. The Morgan fingerprint density at radius 3 is 2.67 bits per heavy atom. The van der Waals surface area contributed by atoms with Crippen molar-refractivity contribution < 1.29 is 14.7 Å². The van der Waals surface area contributed by atoms with Crippen molar-refractivity contribution in [3.8, 4) is 0 Å². The van der Waals surface area contributed by atoms with E-state index in [2.05, 4.69) is 10.6 Å². The van der Waals surface area contributed by atoms with E-state index in [4.69, 9.17) is 5.11 Å². The molecule has 2 aliphatic rings. The van der Waals surface area contributed by atoms with Crippen LogP contribution in [0.1, 0.15) is 45.4 Å². The quantitative estimate of drug-likeness (QED) is 0.681. The van der Waals surface area contributed by atoms with Crippen molar-refractivity contribution >= 4 is 11.9 Å². The van der Waals surface area contributed by atoms with Crippen LogP contribution in [0.2, 0.25) is 0 Å². The number of aliphatic carboxylic acids is 1. The maximum atomic E-state index is 12.3. The van der Waals surface area contributed by atoms with Gasteiger partial charge >= 0.3 is 5.97 Å². The molecule has 0 bridgehead atoms. The Bertz CT molecular complexity index is 333. The molecule has 1 saturated heterocycles. The number of hydrogen-bond acceptors (Lipinski definition) is 3. The molecule has 3 N–H and O–H groups in total. The molecule has 0 aromatic heterocycles. The van der Waals surface area contributed by atoms with Crippen molar-refractivity contribution in [2.24, 2.45) is 5.92 Å². The lowest BCUT2D eigenvalue weighted by Crippen LogP contribution is -2.59. The number of rotatable bonds is 5. The average molecular weight is 254 g/mol. The maximum absolute atomic E-state index is 12.3. The third-order valence-electron chi connectivity index (χ3n) is 4.02. The van der Waals surface area contributed by atoms with Gasteiger partial charge in [-0.1, -0.05) is 0 Å². The number of piperidine rings is 1. The summed E-state index contributed by atoms with van der Waals surface area (Å²) in [7, 11) is 0. The molecule has 2 rings (SSSR count). The minimum absolute atomic E-state index is 0.0342. The summed E-state index contributed by atoms with van der Waals surface area (Å²) in [5, 5.41) is 15.1. The molecule has 0 aromatic carbocycles. The third-order valence-corrected chi connectivity index (χ3v) is 4.02. The van der Waals surface area contributed by atoms with Gasteiger partial charge < -0.3 is 15.7 Å². The Balaban J connectivity index is 1.93. The first-order valence-corrected chi connectivity index (χ1v) is 6.79. The molecule has 0 aromatic rings. The fraction of sp³-hybridized carbons (Fsp3) is 0.846. The number of carboxylic acid groups (broad SMARTS) is 1. The van der Waals surface area contributed by atoms with Gasteiger partial charge in [0.2, 0.25) is 5.91 Å². The second kappa shape index (κ2) is 5.26. The van der Waals surface area contributed by atoms with Crippen molar-refractivity contribution in [3.05, 3.63) is 0 Å². The van der Waals surface area contributed by atoms with Crippen LogP contribution in [0.3, 0.4) is 0 Å². The largest absolute Gasteiger partial charge is 0.481 e. The summed E-state index contributed by atoms with van der Waals surface area (Å²) in [6.07, 6.45) is 5.06. The number of carbonyl (C=O) groups is 2. The molecule has 1 aliphatic heterocycles. The van der Waals surface area contributed by atoms with E-state index >= 15 is 0 Å². The van der Waals surface area contributed by atoms with E-state index in [0.717, 1.165) is 38.6 Å². The zero-order valence-electron chi connectivity index (χ0n) is 10.9. The summed E-state index contributed by atoms with van der Waals surface area (Å²) < 4.78 is 0. The summed E-state index contributed by atoms with van der Waals surface area (Å²) in [5.74, 6) is -0.522.